The van der Waals surface area contributed by atoms with Crippen molar-refractivity contribution in [1.29, 1.82) is 0 Å². The van der Waals surface area contributed by atoms with E-state index < -0.39 is 0 Å². The van der Waals surface area contributed by atoms with Gasteiger partial charge in [-0.1, -0.05) is 12.1 Å². The quantitative estimate of drug-likeness (QED) is 0.410. The highest BCUT2D eigenvalue weighted by atomic mass is 16.5. The number of pyridine rings is 1. The fraction of sp³-hybridized carbons (Fsp3) is 0.217. The SMILES string of the molecule is CCOc1ccc(C(=O)Nc2cccc([C@H](C)Nc3cnc4[nH]cc(C)c4n3)c2)cn1. The average molecular weight is 416 g/mol. The molecule has 0 bridgehead atoms. The van der Waals surface area contributed by atoms with Crippen LogP contribution in [0.3, 0.4) is 0 Å². The zero-order chi connectivity index (χ0) is 21.8. The highest BCUT2D eigenvalue weighted by molar-refractivity contribution is 6.04. The Balaban J connectivity index is 1.45. The number of hydrogen-bond donors (Lipinski definition) is 3. The van der Waals surface area contributed by atoms with Crippen LogP contribution in [0.1, 0.15) is 41.4 Å². The first kappa shape index (κ1) is 20.3. The summed E-state index contributed by atoms with van der Waals surface area (Å²) in [6, 6.07) is 11.0. The fourth-order valence-corrected chi connectivity index (χ4v) is 3.23. The van der Waals surface area contributed by atoms with Crippen molar-refractivity contribution in [2.75, 3.05) is 17.2 Å². The van der Waals surface area contributed by atoms with E-state index in [1.807, 2.05) is 51.2 Å². The summed E-state index contributed by atoms with van der Waals surface area (Å²) < 4.78 is 5.31. The summed E-state index contributed by atoms with van der Waals surface area (Å²) in [7, 11) is 0. The average Bonchev–Trinajstić information content (AvgIpc) is 3.15. The van der Waals surface area contributed by atoms with Crippen molar-refractivity contribution in [3.8, 4) is 5.88 Å². The molecule has 8 nitrogen and oxygen atoms in total. The molecular formula is C23H24N6O2. The maximum atomic E-state index is 12.6. The van der Waals surface area contributed by atoms with Crippen LogP contribution in [0.25, 0.3) is 11.2 Å². The second-order valence-electron chi connectivity index (χ2n) is 7.19. The van der Waals surface area contributed by atoms with E-state index in [1.54, 1.807) is 18.3 Å². The molecule has 0 fully saturated rings. The predicted molar refractivity (Wildman–Crippen MR) is 120 cm³/mol. The van der Waals surface area contributed by atoms with Gasteiger partial charge in [0.1, 0.15) is 11.3 Å². The number of aryl methyl sites for hydroxylation is 1. The van der Waals surface area contributed by atoms with Crippen molar-refractivity contribution in [2.24, 2.45) is 0 Å². The number of fused-ring (bicyclic) bond motifs is 1. The third-order valence-corrected chi connectivity index (χ3v) is 4.87. The van der Waals surface area contributed by atoms with Gasteiger partial charge < -0.3 is 20.4 Å². The van der Waals surface area contributed by atoms with Crippen LogP contribution in [0, 0.1) is 6.92 Å². The molecule has 0 saturated carbocycles. The molecule has 4 rings (SSSR count). The van der Waals surface area contributed by atoms with Crippen molar-refractivity contribution in [2.45, 2.75) is 26.8 Å². The molecule has 0 radical (unpaired) electrons. The summed E-state index contributed by atoms with van der Waals surface area (Å²) in [5.41, 5.74) is 4.84. The standard InChI is InChI=1S/C23H24N6O2/c1-4-31-20-9-8-17(12-24-20)23(30)28-18-7-5-6-16(10-18)15(3)27-19-13-26-22-21(29-19)14(2)11-25-22/h5-13,15H,4H2,1-3H3,(H,25,26)(H,27,29)(H,28,30)/t15-/m0/s1. The monoisotopic (exact) mass is 416 g/mol. The number of ether oxygens (including phenoxy) is 1. The van der Waals surface area contributed by atoms with Crippen molar-refractivity contribution in [1.82, 2.24) is 19.9 Å². The minimum absolute atomic E-state index is 0.0324. The number of nitrogens with one attached hydrogen (secondary N) is 3. The lowest BCUT2D eigenvalue weighted by Gasteiger charge is -2.16. The maximum Gasteiger partial charge on any atom is 0.257 e. The zero-order valence-corrected chi connectivity index (χ0v) is 17.6. The zero-order valence-electron chi connectivity index (χ0n) is 17.6. The van der Waals surface area contributed by atoms with Crippen LogP contribution in [0.4, 0.5) is 11.5 Å². The molecule has 3 N–H and O–H groups in total. The highest BCUT2D eigenvalue weighted by Gasteiger charge is 2.11. The molecule has 3 aromatic heterocycles. The van der Waals surface area contributed by atoms with Gasteiger partial charge in [0.15, 0.2) is 5.65 Å². The van der Waals surface area contributed by atoms with Gasteiger partial charge in [-0.15, -0.1) is 0 Å². The molecule has 0 aliphatic carbocycles. The van der Waals surface area contributed by atoms with Crippen molar-refractivity contribution >= 4 is 28.6 Å². The number of anilines is 2. The summed E-state index contributed by atoms with van der Waals surface area (Å²) in [5.74, 6) is 0.960. The number of H-pyrrole nitrogens is 1. The minimum Gasteiger partial charge on any atom is -0.478 e. The van der Waals surface area contributed by atoms with E-state index >= 15 is 0 Å². The van der Waals surface area contributed by atoms with Gasteiger partial charge in [0, 0.05) is 24.1 Å². The Kier molecular flexibility index (Phi) is 5.79. The molecule has 4 aromatic rings. The van der Waals surface area contributed by atoms with E-state index in [9.17, 15) is 4.79 Å². The van der Waals surface area contributed by atoms with Gasteiger partial charge in [0.2, 0.25) is 5.88 Å². The molecule has 0 saturated heterocycles. The molecule has 1 atom stereocenters. The molecular weight excluding hydrogens is 392 g/mol. The minimum atomic E-state index is -0.229. The molecule has 0 unspecified atom stereocenters. The van der Waals surface area contributed by atoms with E-state index in [0.29, 0.717) is 29.6 Å². The summed E-state index contributed by atoms with van der Waals surface area (Å²) in [4.78, 5) is 28.8. The number of benzene rings is 1. The fourth-order valence-electron chi connectivity index (χ4n) is 3.23. The van der Waals surface area contributed by atoms with Gasteiger partial charge in [-0.05, 0) is 50.1 Å². The molecule has 158 valence electrons. The van der Waals surface area contributed by atoms with Crippen LogP contribution in [-0.4, -0.2) is 32.4 Å². The number of carbonyl (C=O) groups is 1. The number of aromatic amines is 1. The Morgan fingerprint density at radius 2 is 2.06 bits per heavy atom. The summed E-state index contributed by atoms with van der Waals surface area (Å²) in [6.07, 6.45) is 5.11. The topological polar surface area (TPSA) is 105 Å². The van der Waals surface area contributed by atoms with Gasteiger partial charge in [-0.3, -0.25) is 4.79 Å². The van der Waals surface area contributed by atoms with Crippen LogP contribution >= 0.6 is 0 Å². The van der Waals surface area contributed by atoms with Gasteiger partial charge in [0.25, 0.3) is 5.91 Å². The van der Waals surface area contributed by atoms with E-state index in [0.717, 1.165) is 22.3 Å². The van der Waals surface area contributed by atoms with Crippen molar-refractivity contribution < 1.29 is 9.53 Å². The first-order valence-electron chi connectivity index (χ1n) is 10.1. The van der Waals surface area contributed by atoms with Gasteiger partial charge in [0.05, 0.1) is 24.4 Å². The molecule has 0 aliphatic heterocycles. The normalized spacial score (nSPS) is 11.8. The second kappa shape index (κ2) is 8.83. The smallest absolute Gasteiger partial charge is 0.257 e. The third kappa shape index (κ3) is 4.63. The summed E-state index contributed by atoms with van der Waals surface area (Å²) in [6.45, 7) is 6.44. The number of rotatable bonds is 7. The van der Waals surface area contributed by atoms with Crippen LogP contribution in [-0.2, 0) is 0 Å². The maximum absolute atomic E-state index is 12.6. The van der Waals surface area contributed by atoms with Gasteiger partial charge in [-0.25, -0.2) is 15.0 Å². The lowest BCUT2D eigenvalue weighted by atomic mass is 10.1. The first-order chi connectivity index (χ1) is 15.0. The van der Waals surface area contributed by atoms with Gasteiger partial charge in [-0.2, -0.15) is 0 Å². The third-order valence-electron chi connectivity index (χ3n) is 4.87. The highest BCUT2D eigenvalue weighted by Crippen LogP contribution is 2.23. The van der Waals surface area contributed by atoms with Crippen LogP contribution < -0.4 is 15.4 Å². The molecule has 0 aliphatic rings. The number of nitrogens with zero attached hydrogens (tertiary/aromatic N) is 3. The van der Waals surface area contributed by atoms with Crippen LogP contribution in [0.2, 0.25) is 0 Å². The Hall–Kier alpha value is -3.94. The molecule has 3 heterocycles. The van der Waals surface area contributed by atoms with E-state index in [2.05, 4.69) is 30.6 Å². The lowest BCUT2D eigenvalue weighted by molar-refractivity contribution is 0.102. The Morgan fingerprint density at radius 1 is 1.19 bits per heavy atom. The molecule has 1 aromatic carbocycles. The Labute approximate surface area is 180 Å². The van der Waals surface area contributed by atoms with Crippen LogP contribution in [0.5, 0.6) is 5.88 Å². The predicted octanol–water partition coefficient (Wildman–Crippen LogP) is 4.49. The molecule has 0 spiro atoms. The number of hydrogen-bond acceptors (Lipinski definition) is 6. The second-order valence-corrected chi connectivity index (χ2v) is 7.19. The number of carbonyl (C=O) groups excluding carboxylic acids is 1. The molecule has 8 heteroatoms. The van der Waals surface area contributed by atoms with Crippen molar-refractivity contribution in [3.05, 3.63) is 71.7 Å². The van der Waals surface area contributed by atoms with E-state index in [-0.39, 0.29) is 11.9 Å². The Bertz CT molecular complexity index is 1200. The first-order valence-corrected chi connectivity index (χ1v) is 10.1. The number of amides is 1. The van der Waals surface area contributed by atoms with Crippen molar-refractivity contribution in [3.63, 3.8) is 0 Å². The summed E-state index contributed by atoms with van der Waals surface area (Å²) in [5, 5.41) is 6.29. The van der Waals surface area contributed by atoms with E-state index in [1.165, 1.54) is 6.20 Å². The number of aromatic nitrogens is 4. The molecule has 1 amide bonds. The largest absolute Gasteiger partial charge is 0.478 e. The Morgan fingerprint density at radius 3 is 2.84 bits per heavy atom. The lowest BCUT2D eigenvalue weighted by Crippen LogP contribution is -2.13. The van der Waals surface area contributed by atoms with Crippen LogP contribution in [0.15, 0.2) is 55.0 Å². The summed E-state index contributed by atoms with van der Waals surface area (Å²) >= 11 is 0. The van der Waals surface area contributed by atoms with Gasteiger partial charge >= 0.3 is 0 Å². The van der Waals surface area contributed by atoms with E-state index in [4.69, 9.17) is 4.74 Å². The molecule has 31 heavy (non-hydrogen) atoms.